The molecule has 188 valence electrons. The first-order chi connectivity index (χ1) is 17.6. The van der Waals surface area contributed by atoms with Crippen molar-refractivity contribution in [1.82, 2.24) is 19.9 Å². The Morgan fingerprint density at radius 2 is 2.06 bits per heavy atom. The number of carbonyl (C=O) groups is 1. The number of rotatable bonds is 5. The van der Waals surface area contributed by atoms with Crippen LogP contribution in [0.3, 0.4) is 0 Å². The van der Waals surface area contributed by atoms with Crippen LogP contribution in [0.4, 0.5) is 14.9 Å². The molecule has 1 amide bonds. The summed E-state index contributed by atoms with van der Waals surface area (Å²) < 4.78 is 36.8. The smallest absolute Gasteiger partial charge is 0.414 e. The van der Waals surface area contributed by atoms with E-state index in [1.807, 2.05) is 0 Å². The van der Waals surface area contributed by atoms with Crippen LogP contribution in [0.1, 0.15) is 12.0 Å². The molecule has 10 nitrogen and oxygen atoms in total. The number of fused-ring (bicyclic) bond motifs is 3. The van der Waals surface area contributed by atoms with Crippen molar-refractivity contribution >= 4 is 22.8 Å². The Bertz CT molecular complexity index is 1310. The Balaban J connectivity index is 1.12. The first-order valence-corrected chi connectivity index (χ1v) is 12.0. The fraction of sp³-hybridized carbons (Fsp3) is 0.440. The zero-order valence-electron chi connectivity index (χ0n) is 19.9. The van der Waals surface area contributed by atoms with Crippen molar-refractivity contribution in [3.8, 4) is 17.5 Å². The molecule has 3 aromatic heterocycles. The average molecular weight is 496 g/mol. The molecule has 36 heavy (non-hydrogen) atoms. The minimum absolute atomic E-state index is 0.191. The first-order valence-electron chi connectivity index (χ1n) is 12.0. The lowest BCUT2D eigenvalue weighted by Crippen LogP contribution is -2.56. The molecule has 6 heterocycles. The number of methoxy groups -OCH3 is 1. The standard InChI is InChI=1S/C25H26FN5O5/c1-33-22-3-2-19-23(29-22)17(18(26)12-27-19)5-7-30-6-4-15-13-31(25(32)36-21(15)14-30)16-10-20-24(28-11-16)35-9-8-34-20/h2-3,10-12,15,21H,4-9,13-14H2,1H3/t15-,21?/m1/s1. The van der Waals surface area contributed by atoms with Crippen molar-refractivity contribution in [3.05, 3.63) is 42.0 Å². The number of anilines is 1. The molecule has 3 aliphatic heterocycles. The topological polar surface area (TPSA) is 99.1 Å². The molecular weight excluding hydrogens is 469 g/mol. The number of nitrogens with zero attached hydrogens (tertiary/aromatic N) is 5. The Kier molecular flexibility index (Phi) is 5.92. The van der Waals surface area contributed by atoms with Gasteiger partial charge in [0.25, 0.3) is 5.88 Å². The molecule has 2 fully saturated rings. The van der Waals surface area contributed by atoms with Crippen LogP contribution in [-0.2, 0) is 11.2 Å². The van der Waals surface area contributed by atoms with E-state index in [-0.39, 0.29) is 17.8 Å². The summed E-state index contributed by atoms with van der Waals surface area (Å²) in [6.07, 6.45) is 3.55. The number of halogens is 1. The average Bonchev–Trinajstić information content (AvgIpc) is 2.91. The highest BCUT2D eigenvalue weighted by Gasteiger charge is 2.40. The van der Waals surface area contributed by atoms with Gasteiger partial charge in [-0.2, -0.15) is 0 Å². The van der Waals surface area contributed by atoms with Gasteiger partial charge in [-0.1, -0.05) is 0 Å². The zero-order valence-corrected chi connectivity index (χ0v) is 19.9. The summed E-state index contributed by atoms with van der Waals surface area (Å²) in [7, 11) is 1.53. The molecule has 3 aliphatic rings. The molecule has 0 spiro atoms. The molecule has 2 atom stereocenters. The summed E-state index contributed by atoms with van der Waals surface area (Å²) in [5, 5.41) is 0. The third-order valence-electron chi connectivity index (χ3n) is 6.99. The van der Waals surface area contributed by atoms with Crippen LogP contribution in [0.25, 0.3) is 11.0 Å². The number of carbonyl (C=O) groups excluding carboxylic acids is 1. The van der Waals surface area contributed by atoms with E-state index in [1.165, 1.54) is 13.3 Å². The van der Waals surface area contributed by atoms with Crippen LogP contribution in [0, 0.1) is 11.7 Å². The number of amides is 1. The van der Waals surface area contributed by atoms with Crippen molar-refractivity contribution in [2.24, 2.45) is 5.92 Å². The van der Waals surface area contributed by atoms with Crippen molar-refractivity contribution in [3.63, 3.8) is 0 Å². The van der Waals surface area contributed by atoms with E-state index in [1.54, 1.807) is 29.3 Å². The van der Waals surface area contributed by atoms with Crippen LogP contribution in [0.5, 0.6) is 17.5 Å². The molecule has 0 aromatic carbocycles. The van der Waals surface area contributed by atoms with Crippen LogP contribution in [0.2, 0.25) is 0 Å². The number of aromatic nitrogens is 3. The van der Waals surface area contributed by atoms with Gasteiger partial charge in [-0.3, -0.25) is 14.8 Å². The van der Waals surface area contributed by atoms with E-state index in [4.69, 9.17) is 18.9 Å². The molecule has 0 aliphatic carbocycles. The van der Waals surface area contributed by atoms with Crippen molar-refractivity contribution in [2.75, 3.05) is 51.4 Å². The fourth-order valence-corrected chi connectivity index (χ4v) is 5.06. The van der Waals surface area contributed by atoms with E-state index in [0.29, 0.717) is 79.1 Å². The van der Waals surface area contributed by atoms with E-state index < -0.39 is 6.09 Å². The molecular formula is C25H26FN5O5. The summed E-state index contributed by atoms with van der Waals surface area (Å²) in [5.74, 6) is 1.20. The van der Waals surface area contributed by atoms with Gasteiger partial charge in [-0.05, 0) is 25.5 Å². The highest BCUT2D eigenvalue weighted by molar-refractivity contribution is 5.88. The fourth-order valence-electron chi connectivity index (χ4n) is 5.06. The minimum Gasteiger partial charge on any atom is -0.484 e. The van der Waals surface area contributed by atoms with E-state index in [9.17, 15) is 9.18 Å². The summed E-state index contributed by atoms with van der Waals surface area (Å²) in [6, 6.07) is 5.26. The monoisotopic (exact) mass is 495 g/mol. The van der Waals surface area contributed by atoms with Crippen molar-refractivity contribution in [1.29, 1.82) is 0 Å². The van der Waals surface area contributed by atoms with Gasteiger partial charge in [0.2, 0.25) is 5.88 Å². The highest BCUT2D eigenvalue weighted by Crippen LogP contribution is 2.35. The molecule has 0 saturated carbocycles. The van der Waals surface area contributed by atoms with E-state index in [0.717, 1.165) is 13.0 Å². The molecule has 0 bridgehead atoms. The second-order valence-electron chi connectivity index (χ2n) is 9.13. The van der Waals surface area contributed by atoms with Gasteiger partial charge in [0.1, 0.15) is 25.1 Å². The number of likely N-dealkylation sites (tertiary alicyclic amines) is 1. The van der Waals surface area contributed by atoms with Gasteiger partial charge in [0, 0.05) is 43.2 Å². The third kappa shape index (κ3) is 4.23. The summed E-state index contributed by atoms with van der Waals surface area (Å²) >= 11 is 0. The molecule has 6 rings (SSSR count). The number of hydrogen-bond acceptors (Lipinski definition) is 9. The summed E-state index contributed by atoms with van der Waals surface area (Å²) in [4.78, 5) is 29.5. The Hall–Kier alpha value is -3.73. The van der Waals surface area contributed by atoms with Gasteiger partial charge in [0.05, 0.1) is 36.2 Å². The van der Waals surface area contributed by atoms with Gasteiger partial charge < -0.3 is 18.9 Å². The largest absolute Gasteiger partial charge is 0.484 e. The van der Waals surface area contributed by atoms with Crippen molar-refractivity contribution < 1.29 is 28.1 Å². The quantitative estimate of drug-likeness (QED) is 0.529. The van der Waals surface area contributed by atoms with Crippen LogP contribution in [-0.4, -0.2) is 78.6 Å². The Morgan fingerprint density at radius 3 is 2.94 bits per heavy atom. The lowest BCUT2D eigenvalue weighted by molar-refractivity contribution is -0.00652. The van der Waals surface area contributed by atoms with Crippen LogP contribution < -0.4 is 19.1 Å². The zero-order chi connectivity index (χ0) is 24.6. The summed E-state index contributed by atoms with van der Waals surface area (Å²) in [6.45, 7) is 3.50. The SMILES string of the molecule is COc1ccc2ncc(F)c(CCN3CC[C@@H]4CN(c5cnc6c(c5)OCCO6)C(=O)OC4C3)c2n1. The normalized spacial score (nSPS) is 21.7. The first kappa shape index (κ1) is 22.7. The van der Waals surface area contributed by atoms with Crippen LogP contribution >= 0.6 is 0 Å². The van der Waals surface area contributed by atoms with Gasteiger partial charge in [0.15, 0.2) is 5.75 Å². The number of hydrogen-bond donors (Lipinski definition) is 0. The van der Waals surface area contributed by atoms with Crippen LogP contribution in [0.15, 0.2) is 30.6 Å². The second-order valence-corrected chi connectivity index (χ2v) is 9.13. The predicted molar refractivity (Wildman–Crippen MR) is 127 cm³/mol. The maximum atomic E-state index is 14.7. The highest BCUT2D eigenvalue weighted by atomic mass is 19.1. The molecule has 11 heteroatoms. The van der Waals surface area contributed by atoms with Gasteiger partial charge in [-0.25, -0.2) is 19.2 Å². The maximum absolute atomic E-state index is 14.7. The van der Waals surface area contributed by atoms with Gasteiger partial charge >= 0.3 is 6.09 Å². The minimum atomic E-state index is -0.404. The molecule has 1 unspecified atom stereocenters. The second kappa shape index (κ2) is 9.38. The van der Waals surface area contributed by atoms with E-state index >= 15 is 0 Å². The molecule has 0 N–H and O–H groups in total. The predicted octanol–water partition coefficient (Wildman–Crippen LogP) is 2.83. The maximum Gasteiger partial charge on any atom is 0.414 e. The molecule has 0 radical (unpaired) electrons. The Morgan fingerprint density at radius 1 is 1.17 bits per heavy atom. The molecule has 3 aromatic rings. The van der Waals surface area contributed by atoms with Crippen molar-refractivity contribution in [2.45, 2.75) is 18.9 Å². The third-order valence-corrected chi connectivity index (χ3v) is 6.99. The summed E-state index contributed by atoms with van der Waals surface area (Å²) in [5.41, 5.74) is 2.28. The molecule has 2 saturated heterocycles. The Labute approximate surface area is 206 Å². The van der Waals surface area contributed by atoms with E-state index in [2.05, 4.69) is 19.9 Å². The number of ether oxygens (including phenoxy) is 4. The number of pyridine rings is 3. The van der Waals surface area contributed by atoms with Gasteiger partial charge in [-0.15, -0.1) is 0 Å². The lowest BCUT2D eigenvalue weighted by Gasteiger charge is -2.44. The number of piperidine rings is 1. The lowest BCUT2D eigenvalue weighted by atomic mass is 9.91.